The first kappa shape index (κ1) is 13.5. The van der Waals surface area contributed by atoms with E-state index in [0.717, 1.165) is 29.3 Å². The molecular weight excluding hydrogens is 272 g/mol. The minimum Gasteiger partial charge on any atom is -0.350 e. The van der Waals surface area contributed by atoms with E-state index in [9.17, 15) is 4.79 Å². The Kier molecular flexibility index (Phi) is 3.70. The average Bonchev–Trinajstić information content (AvgIpc) is 2.77. The van der Waals surface area contributed by atoms with Crippen LogP contribution in [0.5, 0.6) is 0 Å². The first-order valence-corrected chi connectivity index (χ1v) is 7.61. The molecule has 1 aromatic heterocycles. The second kappa shape index (κ2) is 5.49. The van der Waals surface area contributed by atoms with Gasteiger partial charge in [-0.25, -0.2) is 0 Å². The molecule has 1 aromatic carbocycles. The smallest absolute Gasteiger partial charge is 0.268 e. The number of carbonyl (C=O) groups is 1. The summed E-state index contributed by atoms with van der Waals surface area (Å²) in [6, 6.07) is 5.98. The zero-order valence-electron chi connectivity index (χ0n) is 11.6. The molecule has 0 spiro atoms. The van der Waals surface area contributed by atoms with Gasteiger partial charge < -0.3 is 10.3 Å². The largest absolute Gasteiger partial charge is 0.350 e. The molecule has 0 atom stereocenters. The van der Waals surface area contributed by atoms with Crippen molar-refractivity contribution in [2.75, 3.05) is 0 Å². The van der Waals surface area contributed by atoms with Crippen molar-refractivity contribution >= 4 is 28.4 Å². The van der Waals surface area contributed by atoms with Gasteiger partial charge in [-0.2, -0.15) is 0 Å². The number of aromatic nitrogens is 1. The fourth-order valence-electron chi connectivity index (χ4n) is 3.03. The molecule has 1 fully saturated rings. The van der Waals surface area contributed by atoms with Crippen molar-refractivity contribution < 1.29 is 4.79 Å². The summed E-state index contributed by atoms with van der Waals surface area (Å²) >= 11 is 6.02. The Labute approximate surface area is 123 Å². The fraction of sp³-hybridized carbons (Fsp3) is 0.438. The van der Waals surface area contributed by atoms with Gasteiger partial charge in [0.15, 0.2) is 0 Å². The van der Waals surface area contributed by atoms with Crippen molar-refractivity contribution in [2.24, 2.45) is 0 Å². The second-order valence-corrected chi connectivity index (χ2v) is 6.06. The molecule has 3 rings (SSSR count). The molecule has 1 aliphatic carbocycles. The number of aryl methyl sites for hydroxylation is 1. The van der Waals surface area contributed by atoms with Gasteiger partial charge in [-0.1, -0.05) is 30.9 Å². The van der Waals surface area contributed by atoms with Gasteiger partial charge in [-0.05, 0) is 43.5 Å². The molecule has 1 aliphatic rings. The highest BCUT2D eigenvalue weighted by molar-refractivity contribution is 6.31. The average molecular weight is 291 g/mol. The molecule has 20 heavy (non-hydrogen) atoms. The van der Waals surface area contributed by atoms with Gasteiger partial charge >= 0.3 is 0 Å². The monoisotopic (exact) mass is 290 g/mol. The number of H-pyrrole nitrogens is 1. The third-order valence-corrected chi connectivity index (χ3v) is 4.42. The van der Waals surface area contributed by atoms with E-state index in [1.54, 1.807) is 0 Å². The maximum atomic E-state index is 12.4. The highest BCUT2D eigenvalue weighted by Crippen LogP contribution is 2.25. The number of carbonyl (C=O) groups excluding carboxylic acids is 1. The van der Waals surface area contributed by atoms with Gasteiger partial charge in [0.25, 0.3) is 5.91 Å². The van der Waals surface area contributed by atoms with Crippen molar-refractivity contribution in [1.29, 1.82) is 0 Å². The number of nitrogens with one attached hydrogen (secondary N) is 2. The van der Waals surface area contributed by atoms with Gasteiger partial charge in [0, 0.05) is 22.0 Å². The van der Waals surface area contributed by atoms with E-state index < -0.39 is 0 Å². The Morgan fingerprint density at radius 3 is 2.80 bits per heavy atom. The molecule has 106 valence electrons. The van der Waals surface area contributed by atoms with E-state index in [1.807, 2.05) is 25.1 Å². The SMILES string of the molecule is Cc1c(C(=O)NC2CCCCC2)[nH]c2ccc(Cl)cc12. The number of benzene rings is 1. The summed E-state index contributed by atoms with van der Waals surface area (Å²) in [6.45, 7) is 1.96. The van der Waals surface area contributed by atoms with Crippen LogP contribution in [0, 0.1) is 6.92 Å². The maximum Gasteiger partial charge on any atom is 0.268 e. The molecule has 0 unspecified atom stereocenters. The molecule has 1 amide bonds. The van der Waals surface area contributed by atoms with Gasteiger partial charge in [0.1, 0.15) is 5.69 Å². The number of amides is 1. The number of halogens is 1. The Hall–Kier alpha value is -1.48. The lowest BCUT2D eigenvalue weighted by atomic mass is 9.95. The summed E-state index contributed by atoms with van der Waals surface area (Å²) in [7, 11) is 0. The molecule has 0 bridgehead atoms. The van der Waals surface area contributed by atoms with Crippen molar-refractivity contribution in [1.82, 2.24) is 10.3 Å². The number of aromatic amines is 1. The molecular formula is C16H19ClN2O. The quantitative estimate of drug-likeness (QED) is 0.856. The highest BCUT2D eigenvalue weighted by atomic mass is 35.5. The topological polar surface area (TPSA) is 44.9 Å². The standard InChI is InChI=1S/C16H19ClN2O/c1-10-13-9-11(17)7-8-14(13)19-15(10)16(20)18-12-5-3-2-4-6-12/h7-9,12,19H,2-6H2,1H3,(H,18,20). The minimum absolute atomic E-state index is 0.00159. The second-order valence-electron chi connectivity index (χ2n) is 5.62. The van der Waals surface area contributed by atoms with Crippen LogP contribution < -0.4 is 5.32 Å². The van der Waals surface area contributed by atoms with Gasteiger partial charge in [-0.3, -0.25) is 4.79 Å². The lowest BCUT2D eigenvalue weighted by Gasteiger charge is -2.22. The first-order chi connectivity index (χ1) is 9.65. The summed E-state index contributed by atoms with van der Waals surface area (Å²) in [4.78, 5) is 15.6. The Balaban J connectivity index is 1.85. The van der Waals surface area contributed by atoms with E-state index in [0.29, 0.717) is 16.8 Å². The first-order valence-electron chi connectivity index (χ1n) is 7.24. The van der Waals surface area contributed by atoms with Gasteiger partial charge in [-0.15, -0.1) is 0 Å². The molecule has 0 saturated heterocycles. The fourth-order valence-corrected chi connectivity index (χ4v) is 3.20. The van der Waals surface area contributed by atoms with Crippen LogP contribution in [0.15, 0.2) is 18.2 Å². The molecule has 2 aromatic rings. The molecule has 3 nitrogen and oxygen atoms in total. The molecule has 1 heterocycles. The third-order valence-electron chi connectivity index (χ3n) is 4.19. The molecule has 0 radical (unpaired) electrons. The minimum atomic E-state index is 0.00159. The van der Waals surface area contributed by atoms with Crippen LogP contribution in [0.3, 0.4) is 0 Å². The van der Waals surface area contributed by atoms with Crippen molar-refractivity contribution in [3.63, 3.8) is 0 Å². The Bertz CT molecular complexity index is 641. The van der Waals surface area contributed by atoms with Crippen LogP contribution in [0.1, 0.15) is 48.2 Å². The third kappa shape index (κ3) is 2.55. The van der Waals surface area contributed by atoms with E-state index >= 15 is 0 Å². The molecule has 4 heteroatoms. The summed E-state index contributed by atoms with van der Waals surface area (Å²) in [6.07, 6.45) is 5.91. The number of hydrogen-bond donors (Lipinski definition) is 2. The van der Waals surface area contributed by atoms with Crippen LogP contribution in [0.25, 0.3) is 10.9 Å². The lowest BCUT2D eigenvalue weighted by molar-refractivity contribution is 0.0923. The van der Waals surface area contributed by atoms with Crippen LogP contribution in [0.2, 0.25) is 5.02 Å². The normalized spacial score (nSPS) is 16.5. The number of hydrogen-bond acceptors (Lipinski definition) is 1. The van der Waals surface area contributed by atoms with Crippen molar-refractivity contribution in [3.05, 3.63) is 34.5 Å². The zero-order chi connectivity index (χ0) is 14.1. The van der Waals surface area contributed by atoms with E-state index in [-0.39, 0.29) is 5.91 Å². The maximum absolute atomic E-state index is 12.4. The number of rotatable bonds is 2. The zero-order valence-corrected chi connectivity index (χ0v) is 12.4. The summed E-state index contributed by atoms with van der Waals surface area (Å²) in [5.74, 6) is 0.00159. The summed E-state index contributed by atoms with van der Waals surface area (Å²) < 4.78 is 0. The van der Waals surface area contributed by atoms with Gasteiger partial charge in [0.05, 0.1) is 0 Å². The van der Waals surface area contributed by atoms with Crippen molar-refractivity contribution in [3.8, 4) is 0 Å². The molecule has 2 N–H and O–H groups in total. The lowest BCUT2D eigenvalue weighted by Crippen LogP contribution is -2.36. The predicted octanol–water partition coefficient (Wildman–Crippen LogP) is 4.19. The molecule has 0 aliphatic heterocycles. The Morgan fingerprint density at radius 1 is 1.30 bits per heavy atom. The highest BCUT2D eigenvalue weighted by Gasteiger charge is 2.20. The van der Waals surface area contributed by atoms with Crippen LogP contribution in [-0.4, -0.2) is 16.9 Å². The predicted molar refractivity (Wildman–Crippen MR) is 82.4 cm³/mol. The summed E-state index contributed by atoms with van der Waals surface area (Å²) in [5.41, 5.74) is 2.59. The van der Waals surface area contributed by atoms with E-state index in [2.05, 4.69) is 10.3 Å². The van der Waals surface area contributed by atoms with Crippen LogP contribution in [0.4, 0.5) is 0 Å². The number of fused-ring (bicyclic) bond motifs is 1. The van der Waals surface area contributed by atoms with Gasteiger partial charge in [0.2, 0.25) is 0 Å². The van der Waals surface area contributed by atoms with E-state index in [1.165, 1.54) is 19.3 Å². The molecule has 1 saturated carbocycles. The Morgan fingerprint density at radius 2 is 2.05 bits per heavy atom. The van der Waals surface area contributed by atoms with E-state index in [4.69, 9.17) is 11.6 Å². The van der Waals surface area contributed by atoms with Crippen molar-refractivity contribution in [2.45, 2.75) is 45.1 Å². The summed E-state index contributed by atoms with van der Waals surface area (Å²) in [5, 5.41) is 4.86. The van der Waals surface area contributed by atoms with Crippen LogP contribution in [-0.2, 0) is 0 Å². The van der Waals surface area contributed by atoms with Crippen LogP contribution >= 0.6 is 11.6 Å².